The zero-order valence-corrected chi connectivity index (χ0v) is 10.7. The third-order valence-electron chi connectivity index (χ3n) is 2.24. The Labute approximate surface area is 104 Å². The van der Waals surface area contributed by atoms with Crippen LogP contribution in [0, 0.1) is 5.82 Å². The Morgan fingerprint density at radius 1 is 1.53 bits per heavy atom. The van der Waals surface area contributed by atoms with Gasteiger partial charge in [-0.2, -0.15) is 16.7 Å². The molecule has 1 N–H and O–H groups in total. The van der Waals surface area contributed by atoms with Gasteiger partial charge in [0.25, 0.3) is 0 Å². The summed E-state index contributed by atoms with van der Waals surface area (Å²) < 4.78 is 14.4. The molecule has 4 nitrogen and oxygen atoms in total. The summed E-state index contributed by atoms with van der Waals surface area (Å²) in [6, 6.07) is 3.28. The largest absolute Gasteiger partial charge is 0.350 e. The minimum atomic E-state index is -0.316. The lowest BCUT2D eigenvalue weighted by molar-refractivity contribution is 0.614. The summed E-state index contributed by atoms with van der Waals surface area (Å²) in [5, 5.41) is 7.37. The molecule has 1 atom stereocenters. The monoisotopic (exact) mass is 254 g/mol. The Kier molecular flexibility index (Phi) is 3.83. The van der Waals surface area contributed by atoms with Gasteiger partial charge >= 0.3 is 0 Å². The van der Waals surface area contributed by atoms with Gasteiger partial charge in [0, 0.05) is 11.8 Å². The maximum atomic E-state index is 13.0. The smallest absolute Gasteiger partial charge is 0.243 e. The molecule has 0 saturated heterocycles. The van der Waals surface area contributed by atoms with E-state index >= 15 is 0 Å². The fourth-order valence-electron chi connectivity index (χ4n) is 1.48. The van der Waals surface area contributed by atoms with Crippen LogP contribution >= 0.6 is 11.8 Å². The van der Waals surface area contributed by atoms with Gasteiger partial charge < -0.3 is 5.32 Å². The van der Waals surface area contributed by atoms with Crippen molar-refractivity contribution in [3.8, 4) is 0 Å². The van der Waals surface area contributed by atoms with Crippen LogP contribution in [0.1, 0.15) is 13.8 Å². The third kappa shape index (κ3) is 3.09. The van der Waals surface area contributed by atoms with E-state index in [9.17, 15) is 4.39 Å². The molecule has 0 aromatic carbocycles. The van der Waals surface area contributed by atoms with Crippen LogP contribution in [-0.2, 0) is 0 Å². The van der Waals surface area contributed by atoms with E-state index in [-0.39, 0.29) is 5.82 Å². The van der Waals surface area contributed by atoms with Crippen molar-refractivity contribution in [1.82, 2.24) is 14.6 Å². The second-order valence-corrected chi connectivity index (χ2v) is 5.11. The molecule has 0 spiro atoms. The summed E-state index contributed by atoms with van der Waals surface area (Å²) in [6.45, 7) is 4.21. The van der Waals surface area contributed by atoms with Crippen LogP contribution < -0.4 is 5.32 Å². The Hall–Kier alpha value is -1.30. The number of aromatic nitrogens is 3. The first-order chi connectivity index (χ1) is 8.19. The summed E-state index contributed by atoms with van der Waals surface area (Å²) in [4.78, 5) is 4.27. The van der Waals surface area contributed by atoms with Crippen molar-refractivity contribution in [2.45, 2.75) is 19.9 Å². The van der Waals surface area contributed by atoms with Crippen LogP contribution in [0.4, 0.5) is 10.3 Å². The maximum Gasteiger partial charge on any atom is 0.243 e. The van der Waals surface area contributed by atoms with Crippen LogP contribution in [0.2, 0.25) is 0 Å². The highest BCUT2D eigenvalue weighted by atomic mass is 32.2. The molecule has 92 valence electrons. The first-order valence-electron chi connectivity index (χ1n) is 5.55. The maximum absolute atomic E-state index is 13.0. The molecule has 0 fully saturated rings. The minimum absolute atomic E-state index is 0.294. The summed E-state index contributed by atoms with van der Waals surface area (Å²) in [7, 11) is 0. The normalized spacial score (nSPS) is 12.9. The van der Waals surface area contributed by atoms with Crippen molar-refractivity contribution in [1.29, 1.82) is 0 Å². The molecule has 2 aromatic rings. The highest BCUT2D eigenvalue weighted by molar-refractivity contribution is 7.99. The van der Waals surface area contributed by atoms with Gasteiger partial charge in [-0.05, 0) is 24.8 Å². The summed E-state index contributed by atoms with van der Waals surface area (Å²) in [6.07, 6.45) is 1.32. The van der Waals surface area contributed by atoms with Gasteiger partial charge in [0.2, 0.25) is 5.95 Å². The molecule has 0 bridgehead atoms. The molecule has 0 radical (unpaired) electrons. The number of anilines is 1. The molecule has 2 rings (SSSR count). The molecule has 6 heteroatoms. The fourth-order valence-corrected chi connectivity index (χ4v) is 2.15. The van der Waals surface area contributed by atoms with E-state index in [2.05, 4.69) is 29.2 Å². The van der Waals surface area contributed by atoms with E-state index in [0.717, 1.165) is 11.5 Å². The van der Waals surface area contributed by atoms with Crippen molar-refractivity contribution in [2.24, 2.45) is 0 Å². The quantitative estimate of drug-likeness (QED) is 0.889. The highest BCUT2D eigenvalue weighted by Gasteiger charge is 2.07. The second-order valence-electron chi connectivity index (χ2n) is 3.79. The zero-order chi connectivity index (χ0) is 12.3. The van der Waals surface area contributed by atoms with Gasteiger partial charge in [0.05, 0.1) is 6.20 Å². The topological polar surface area (TPSA) is 42.2 Å². The number of nitrogens with zero attached hydrogens (tertiary/aromatic N) is 3. The molecule has 0 aliphatic heterocycles. The highest BCUT2D eigenvalue weighted by Crippen LogP contribution is 2.10. The van der Waals surface area contributed by atoms with E-state index in [1.807, 2.05) is 11.8 Å². The molecule has 2 heterocycles. The van der Waals surface area contributed by atoms with Crippen LogP contribution in [0.3, 0.4) is 0 Å². The molecule has 0 amide bonds. The lowest BCUT2D eigenvalue weighted by Gasteiger charge is -2.10. The lowest BCUT2D eigenvalue weighted by Crippen LogP contribution is -2.18. The van der Waals surface area contributed by atoms with E-state index in [4.69, 9.17) is 0 Å². The van der Waals surface area contributed by atoms with Crippen molar-refractivity contribution in [3.05, 3.63) is 24.1 Å². The van der Waals surface area contributed by atoms with Crippen molar-refractivity contribution in [3.63, 3.8) is 0 Å². The molecular formula is C11H15FN4S. The first-order valence-corrected chi connectivity index (χ1v) is 6.70. The van der Waals surface area contributed by atoms with Crippen LogP contribution in [0.25, 0.3) is 5.65 Å². The average Bonchev–Trinajstić information content (AvgIpc) is 2.67. The number of hydrogen-bond donors (Lipinski definition) is 1. The number of nitrogens with one attached hydrogen (secondary N) is 1. The average molecular weight is 254 g/mol. The van der Waals surface area contributed by atoms with E-state index in [1.165, 1.54) is 16.8 Å². The predicted molar refractivity (Wildman–Crippen MR) is 69.0 cm³/mol. The Morgan fingerprint density at radius 2 is 2.35 bits per heavy atom. The van der Waals surface area contributed by atoms with E-state index in [0.29, 0.717) is 17.6 Å². The Morgan fingerprint density at radius 3 is 3.12 bits per heavy atom. The Bertz CT molecular complexity index is 499. The lowest BCUT2D eigenvalue weighted by atomic mass is 10.4. The standard InChI is InChI=1S/C11H15FN4S/c1-3-17-7-8(2)13-11-14-10-5-4-9(12)6-16(10)15-11/h4-6,8H,3,7H2,1-2H3,(H,13,15). The number of pyridine rings is 1. The van der Waals surface area contributed by atoms with Crippen LogP contribution in [-0.4, -0.2) is 32.1 Å². The van der Waals surface area contributed by atoms with E-state index < -0.39 is 0 Å². The van der Waals surface area contributed by atoms with Crippen LogP contribution in [0.15, 0.2) is 18.3 Å². The first kappa shape index (κ1) is 12.2. The summed E-state index contributed by atoms with van der Waals surface area (Å²) >= 11 is 1.86. The Balaban J connectivity index is 2.08. The van der Waals surface area contributed by atoms with Gasteiger partial charge in [0.15, 0.2) is 5.65 Å². The SMILES string of the molecule is CCSCC(C)Nc1nc2ccc(F)cn2n1. The molecule has 0 aliphatic carbocycles. The van der Waals surface area contributed by atoms with Gasteiger partial charge in [-0.3, -0.25) is 0 Å². The number of halogens is 1. The van der Waals surface area contributed by atoms with E-state index in [1.54, 1.807) is 6.07 Å². The van der Waals surface area contributed by atoms with Gasteiger partial charge in [0.1, 0.15) is 5.82 Å². The van der Waals surface area contributed by atoms with Gasteiger partial charge in [-0.1, -0.05) is 6.92 Å². The molecule has 0 saturated carbocycles. The van der Waals surface area contributed by atoms with Crippen molar-refractivity contribution >= 4 is 23.4 Å². The molecule has 2 aromatic heterocycles. The predicted octanol–water partition coefficient (Wildman–Crippen LogP) is 2.42. The zero-order valence-electron chi connectivity index (χ0n) is 9.85. The third-order valence-corrected chi connectivity index (χ3v) is 3.39. The molecular weight excluding hydrogens is 239 g/mol. The van der Waals surface area contributed by atoms with Gasteiger partial charge in [-0.25, -0.2) is 8.91 Å². The molecule has 0 aliphatic rings. The van der Waals surface area contributed by atoms with Crippen LogP contribution in [0.5, 0.6) is 0 Å². The summed E-state index contributed by atoms with van der Waals surface area (Å²) in [5.41, 5.74) is 0.643. The number of fused-ring (bicyclic) bond motifs is 1. The van der Waals surface area contributed by atoms with Crippen molar-refractivity contribution in [2.75, 3.05) is 16.8 Å². The second kappa shape index (κ2) is 5.35. The number of hydrogen-bond acceptors (Lipinski definition) is 4. The number of rotatable bonds is 5. The van der Waals surface area contributed by atoms with Gasteiger partial charge in [-0.15, -0.1) is 5.10 Å². The number of thioether (sulfide) groups is 1. The molecule has 1 unspecified atom stereocenters. The van der Waals surface area contributed by atoms with Crippen molar-refractivity contribution < 1.29 is 4.39 Å². The molecule has 17 heavy (non-hydrogen) atoms. The fraction of sp³-hybridized carbons (Fsp3) is 0.455. The minimum Gasteiger partial charge on any atom is -0.350 e. The summed E-state index contributed by atoms with van der Waals surface area (Å²) in [5.74, 6) is 2.32.